The molecule has 0 aliphatic carbocycles. The highest BCUT2D eigenvalue weighted by atomic mass is 32.2. The normalized spacial score (nSPS) is 12.8. The van der Waals surface area contributed by atoms with Crippen LogP contribution in [0, 0.1) is 6.92 Å². The summed E-state index contributed by atoms with van der Waals surface area (Å²) in [4.78, 5) is -0.542. The van der Waals surface area contributed by atoms with Crippen LogP contribution < -0.4 is 0 Å². The summed E-state index contributed by atoms with van der Waals surface area (Å²) in [5.41, 5.74) is 0.468. The quantitative estimate of drug-likeness (QED) is 0.816. The van der Waals surface area contributed by atoms with E-state index < -0.39 is 20.2 Å². The first kappa shape index (κ1) is 13.9. The zero-order valence-corrected chi connectivity index (χ0v) is 11.4. The first-order chi connectivity index (χ1) is 8.59. The Hall–Kier alpha value is -1.48. The Kier molecular flexibility index (Phi) is 3.13. The molecule has 19 heavy (non-hydrogen) atoms. The summed E-state index contributed by atoms with van der Waals surface area (Å²) in [5.74, 6) is 0. The van der Waals surface area contributed by atoms with Crippen LogP contribution in [0.5, 0.6) is 0 Å². The van der Waals surface area contributed by atoms with Gasteiger partial charge in [-0.2, -0.15) is 16.8 Å². The molecule has 0 bridgehead atoms. The Bertz CT molecular complexity index is 865. The van der Waals surface area contributed by atoms with Crippen molar-refractivity contribution in [2.75, 3.05) is 0 Å². The smallest absolute Gasteiger partial charge is 0.282 e. The van der Waals surface area contributed by atoms with Crippen molar-refractivity contribution in [2.24, 2.45) is 0 Å². The van der Waals surface area contributed by atoms with Crippen LogP contribution in [0.15, 0.2) is 40.1 Å². The van der Waals surface area contributed by atoms with Gasteiger partial charge in [0, 0.05) is 0 Å². The minimum Gasteiger partial charge on any atom is -0.282 e. The van der Waals surface area contributed by atoms with E-state index in [0.29, 0.717) is 16.3 Å². The third-order valence-electron chi connectivity index (χ3n) is 2.70. The maximum absolute atomic E-state index is 11.1. The average molecular weight is 302 g/mol. The van der Waals surface area contributed by atoms with Gasteiger partial charge in [-0.25, -0.2) is 0 Å². The van der Waals surface area contributed by atoms with Gasteiger partial charge >= 0.3 is 0 Å². The predicted octanol–water partition coefficient (Wildman–Crippen LogP) is 1.64. The van der Waals surface area contributed by atoms with E-state index >= 15 is 0 Å². The van der Waals surface area contributed by atoms with E-state index in [2.05, 4.69) is 0 Å². The topological polar surface area (TPSA) is 109 Å². The molecular formula is C11H10O6S2. The molecule has 0 spiro atoms. The van der Waals surface area contributed by atoms with Crippen LogP contribution in [0.1, 0.15) is 5.56 Å². The molecule has 6 nitrogen and oxygen atoms in total. The maximum atomic E-state index is 11.1. The number of aryl methyl sites for hydroxylation is 1. The van der Waals surface area contributed by atoms with Crippen molar-refractivity contribution < 1.29 is 25.9 Å². The minimum absolute atomic E-state index is 0.267. The summed E-state index contributed by atoms with van der Waals surface area (Å²) in [6.45, 7) is 1.57. The highest BCUT2D eigenvalue weighted by molar-refractivity contribution is 7.86. The van der Waals surface area contributed by atoms with Crippen molar-refractivity contribution in [3.05, 3.63) is 35.9 Å². The molecule has 0 amide bonds. The molecule has 0 saturated carbocycles. The van der Waals surface area contributed by atoms with Crippen LogP contribution >= 0.6 is 0 Å². The van der Waals surface area contributed by atoms with Gasteiger partial charge in [-0.3, -0.25) is 9.11 Å². The highest BCUT2D eigenvalue weighted by Crippen LogP contribution is 2.25. The van der Waals surface area contributed by atoms with Gasteiger partial charge in [-0.05, 0) is 47.5 Å². The first-order valence-corrected chi connectivity index (χ1v) is 7.96. The van der Waals surface area contributed by atoms with Crippen molar-refractivity contribution >= 4 is 31.0 Å². The molecule has 2 aromatic rings. The van der Waals surface area contributed by atoms with Crippen molar-refractivity contribution in [1.82, 2.24) is 0 Å². The van der Waals surface area contributed by atoms with Gasteiger partial charge in [-0.1, -0.05) is 6.07 Å². The number of fused-ring (bicyclic) bond motifs is 1. The summed E-state index contributed by atoms with van der Waals surface area (Å²) in [6.07, 6.45) is 0. The van der Waals surface area contributed by atoms with Gasteiger partial charge in [0.25, 0.3) is 20.2 Å². The SMILES string of the molecule is Cc1cc(S(=O)(=O)O)cc2ccc(S(=O)(=O)O)cc12. The van der Waals surface area contributed by atoms with Gasteiger partial charge in [0.05, 0.1) is 9.79 Å². The Labute approximate surface area is 110 Å². The Balaban J connectivity index is 2.82. The molecule has 2 aromatic carbocycles. The van der Waals surface area contributed by atoms with Crippen molar-refractivity contribution in [2.45, 2.75) is 16.7 Å². The summed E-state index contributed by atoms with van der Waals surface area (Å²) in [7, 11) is -8.64. The number of hydrogen-bond acceptors (Lipinski definition) is 4. The van der Waals surface area contributed by atoms with Crippen LogP contribution in [0.4, 0.5) is 0 Å². The Morgan fingerprint density at radius 1 is 0.842 bits per heavy atom. The molecule has 0 fully saturated rings. The van der Waals surface area contributed by atoms with E-state index in [0.717, 1.165) is 6.07 Å². The van der Waals surface area contributed by atoms with Gasteiger partial charge in [0.1, 0.15) is 0 Å². The van der Waals surface area contributed by atoms with Gasteiger partial charge in [0.15, 0.2) is 0 Å². The molecule has 2 N–H and O–H groups in total. The molecule has 0 aliphatic rings. The summed E-state index contributed by atoms with van der Waals surface area (Å²) in [5, 5.41) is 0.919. The summed E-state index contributed by atoms with van der Waals surface area (Å²) >= 11 is 0. The van der Waals surface area contributed by atoms with Crippen molar-refractivity contribution in [1.29, 1.82) is 0 Å². The molecule has 0 saturated heterocycles. The largest absolute Gasteiger partial charge is 0.294 e. The lowest BCUT2D eigenvalue weighted by atomic mass is 10.1. The van der Waals surface area contributed by atoms with Crippen LogP contribution in [0.2, 0.25) is 0 Å². The number of benzene rings is 2. The molecule has 0 heterocycles. The zero-order valence-electron chi connectivity index (χ0n) is 9.73. The van der Waals surface area contributed by atoms with Crippen LogP contribution in [0.25, 0.3) is 10.8 Å². The second-order valence-corrected chi connectivity index (χ2v) is 6.92. The van der Waals surface area contributed by atoms with E-state index in [1.165, 1.54) is 24.3 Å². The Morgan fingerprint density at radius 2 is 1.42 bits per heavy atom. The predicted molar refractivity (Wildman–Crippen MR) is 68.3 cm³/mol. The van der Waals surface area contributed by atoms with E-state index in [-0.39, 0.29) is 9.79 Å². The lowest BCUT2D eigenvalue weighted by Gasteiger charge is -2.06. The first-order valence-electron chi connectivity index (χ1n) is 5.08. The molecule has 0 unspecified atom stereocenters. The van der Waals surface area contributed by atoms with Gasteiger partial charge in [-0.15, -0.1) is 0 Å². The zero-order chi connectivity index (χ0) is 14.4. The van der Waals surface area contributed by atoms with E-state index in [1.807, 2.05) is 0 Å². The summed E-state index contributed by atoms with van der Waals surface area (Å²) < 4.78 is 62.2. The molecular weight excluding hydrogens is 292 g/mol. The van der Waals surface area contributed by atoms with E-state index in [9.17, 15) is 16.8 Å². The molecule has 0 aromatic heterocycles. The average Bonchev–Trinajstić information content (AvgIpc) is 2.26. The molecule has 102 valence electrons. The lowest BCUT2D eigenvalue weighted by molar-refractivity contribution is 0.480. The fourth-order valence-electron chi connectivity index (χ4n) is 1.80. The second-order valence-electron chi connectivity index (χ2n) is 4.07. The van der Waals surface area contributed by atoms with Gasteiger partial charge in [0.2, 0.25) is 0 Å². The standard InChI is InChI=1S/C11H10O6S2/c1-7-4-10(19(15,16)17)5-8-2-3-9(6-11(7)8)18(12,13)14/h2-6H,1H3,(H,12,13,14)(H,15,16,17). The third kappa shape index (κ3) is 2.76. The molecule has 0 atom stereocenters. The molecule has 2 rings (SSSR count). The molecule has 0 radical (unpaired) electrons. The number of hydrogen-bond donors (Lipinski definition) is 2. The maximum Gasteiger partial charge on any atom is 0.294 e. The monoisotopic (exact) mass is 302 g/mol. The highest BCUT2D eigenvalue weighted by Gasteiger charge is 2.14. The van der Waals surface area contributed by atoms with Crippen molar-refractivity contribution in [3.63, 3.8) is 0 Å². The van der Waals surface area contributed by atoms with Crippen molar-refractivity contribution in [3.8, 4) is 0 Å². The summed E-state index contributed by atoms with van der Waals surface area (Å²) in [6, 6.07) is 6.22. The third-order valence-corrected chi connectivity index (χ3v) is 4.38. The molecule has 8 heteroatoms. The van der Waals surface area contributed by atoms with Crippen LogP contribution in [-0.2, 0) is 20.2 Å². The molecule has 0 aliphatic heterocycles. The van der Waals surface area contributed by atoms with E-state index in [4.69, 9.17) is 9.11 Å². The fraction of sp³-hybridized carbons (Fsp3) is 0.0909. The van der Waals surface area contributed by atoms with E-state index in [1.54, 1.807) is 6.92 Å². The van der Waals surface area contributed by atoms with Crippen LogP contribution in [-0.4, -0.2) is 25.9 Å². The van der Waals surface area contributed by atoms with Crippen LogP contribution in [0.3, 0.4) is 0 Å². The number of rotatable bonds is 2. The second kappa shape index (κ2) is 4.27. The Morgan fingerprint density at radius 3 is 1.95 bits per heavy atom. The minimum atomic E-state index is -4.32. The lowest BCUT2D eigenvalue weighted by Crippen LogP contribution is -2.00. The van der Waals surface area contributed by atoms with Gasteiger partial charge < -0.3 is 0 Å². The fourth-order valence-corrected chi connectivity index (χ4v) is 2.91.